The zero-order valence-corrected chi connectivity index (χ0v) is 13.9. The lowest BCUT2D eigenvalue weighted by Crippen LogP contribution is -2.34. The number of nitrogens with one attached hydrogen (secondary N) is 2. The molecule has 1 aromatic carbocycles. The maximum atomic E-state index is 12.0. The van der Waals surface area contributed by atoms with Crippen LogP contribution in [0.2, 0.25) is 0 Å². The van der Waals surface area contributed by atoms with Gasteiger partial charge in [-0.25, -0.2) is 0 Å². The van der Waals surface area contributed by atoms with E-state index in [0.717, 1.165) is 0 Å². The summed E-state index contributed by atoms with van der Waals surface area (Å²) in [6.45, 7) is 1.58. The van der Waals surface area contributed by atoms with E-state index < -0.39 is 11.0 Å². The molecule has 9 heteroatoms. The first-order chi connectivity index (χ1) is 9.49. The Morgan fingerprint density at radius 1 is 1.52 bits per heavy atom. The van der Waals surface area contributed by atoms with E-state index in [1.54, 1.807) is 0 Å². The van der Waals surface area contributed by atoms with E-state index in [1.165, 1.54) is 18.2 Å². The van der Waals surface area contributed by atoms with Crippen molar-refractivity contribution in [1.82, 2.24) is 10.6 Å². The van der Waals surface area contributed by atoms with Crippen molar-refractivity contribution in [3.63, 3.8) is 0 Å². The standard InChI is InChI=1S/C12H14IN3O4.ClH/c13-10-3-8(16(19)20)1-2-9(10)12(18)15-5-7-4-14-6-11(7)17;/h1-3,7,11,14,17H,4-6H2,(H,15,18);1H. The normalized spacial score (nSPS) is 20.7. The van der Waals surface area contributed by atoms with E-state index in [1.807, 2.05) is 22.6 Å². The Labute approximate surface area is 141 Å². The highest BCUT2D eigenvalue weighted by Gasteiger charge is 2.25. The van der Waals surface area contributed by atoms with Crippen molar-refractivity contribution in [1.29, 1.82) is 0 Å². The third-order valence-electron chi connectivity index (χ3n) is 3.24. The number of aliphatic hydroxyl groups is 1. The number of benzene rings is 1. The molecule has 1 heterocycles. The van der Waals surface area contributed by atoms with Crippen molar-refractivity contribution in [2.24, 2.45) is 5.92 Å². The van der Waals surface area contributed by atoms with Gasteiger partial charge in [0.1, 0.15) is 0 Å². The SMILES string of the molecule is Cl.O=C(NCC1CNCC1O)c1ccc([N+](=O)[O-])cc1I. The summed E-state index contributed by atoms with van der Waals surface area (Å²) < 4.78 is 0.527. The average Bonchev–Trinajstić information content (AvgIpc) is 2.81. The lowest BCUT2D eigenvalue weighted by atomic mass is 10.1. The van der Waals surface area contributed by atoms with Crippen LogP contribution in [0, 0.1) is 19.6 Å². The van der Waals surface area contributed by atoms with E-state index >= 15 is 0 Å². The van der Waals surface area contributed by atoms with Crippen LogP contribution in [0.25, 0.3) is 0 Å². The molecule has 0 radical (unpaired) electrons. The first kappa shape index (κ1) is 18.1. The molecule has 7 nitrogen and oxygen atoms in total. The number of aliphatic hydroxyl groups excluding tert-OH is 1. The molecular formula is C12H15ClIN3O4. The zero-order chi connectivity index (χ0) is 14.7. The largest absolute Gasteiger partial charge is 0.391 e. The molecule has 116 valence electrons. The van der Waals surface area contributed by atoms with Crippen molar-refractivity contribution in [3.8, 4) is 0 Å². The minimum Gasteiger partial charge on any atom is -0.391 e. The predicted molar refractivity (Wildman–Crippen MR) is 87.8 cm³/mol. The minimum absolute atomic E-state index is 0. The van der Waals surface area contributed by atoms with Gasteiger partial charge < -0.3 is 15.7 Å². The van der Waals surface area contributed by atoms with Gasteiger partial charge in [-0.1, -0.05) is 0 Å². The molecule has 0 spiro atoms. The van der Waals surface area contributed by atoms with Gasteiger partial charge in [0.05, 0.1) is 16.6 Å². The molecule has 0 aliphatic carbocycles. The summed E-state index contributed by atoms with van der Waals surface area (Å²) in [6, 6.07) is 4.11. The summed E-state index contributed by atoms with van der Waals surface area (Å²) in [4.78, 5) is 22.2. The molecule has 3 N–H and O–H groups in total. The molecule has 2 unspecified atom stereocenters. The minimum atomic E-state index is -0.496. The second-order valence-corrected chi connectivity index (χ2v) is 5.78. The number of non-ortho nitro benzene ring substituents is 1. The molecule has 2 rings (SSSR count). The van der Waals surface area contributed by atoms with Crippen LogP contribution in [0.4, 0.5) is 5.69 Å². The van der Waals surface area contributed by atoms with Gasteiger partial charge >= 0.3 is 0 Å². The number of hydrogen-bond acceptors (Lipinski definition) is 5. The number of nitro groups is 1. The van der Waals surface area contributed by atoms with E-state index in [0.29, 0.717) is 28.8 Å². The average molecular weight is 428 g/mol. The zero-order valence-electron chi connectivity index (χ0n) is 10.9. The van der Waals surface area contributed by atoms with Crippen molar-refractivity contribution in [2.75, 3.05) is 19.6 Å². The number of nitrogens with zero attached hydrogens (tertiary/aromatic N) is 1. The van der Waals surface area contributed by atoms with E-state index in [9.17, 15) is 20.0 Å². The number of carbonyl (C=O) groups excluding carboxylic acids is 1. The third-order valence-corrected chi connectivity index (χ3v) is 4.13. The Morgan fingerprint density at radius 3 is 2.76 bits per heavy atom. The predicted octanol–water partition coefficient (Wildman–Crippen LogP) is 0.931. The molecular weight excluding hydrogens is 413 g/mol. The van der Waals surface area contributed by atoms with Gasteiger partial charge in [-0.2, -0.15) is 0 Å². The Hall–Kier alpha value is -0.970. The number of β-amino-alcohol motifs (C(OH)–C–C–N with tert-alkyl or cyclic N) is 1. The maximum Gasteiger partial charge on any atom is 0.270 e. The highest BCUT2D eigenvalue weighted by molar-refractivity contribution is 14.1. The fraction of sp³-hybridized carbons (Fsp3) is 0.417. The van der Waals surface area contributed by atoms with Gasteiger partial charge in [-0.05, 0) is 28.7 Å². The molecule has 0 bridgehead atoms. The third kappa shape index (κ3) is 4.50. The molecule has 1 amide bonds. The number of rotatable bonds is 4. The summed E-state index contributed by atoms with van der Waals surface area (Å²) in [7, 11) is 0. The van der Waals surface area contributed by atoms with E-state index in [4.69, 9.17) is 0 Å². The van der Waals surface area contributed by atoms with Gasteiger partial charge in [0, 0.05) is 41.3 Å². The lowest BCUT2D eigenvalue weighted by molar-refractivity contribution is -0.384. The quantitative estimate of drug-likeness (QED) is 0.377. The van der Waals surface area contributed by atoms with Crippen LogP contribution in [-0.4, -0.2) is 41.7 Å². The molecule has 1 saturated heterocycles. The number of hydrogen-bond donors (Lipinski definition) is 3. The van der Waals surface area contributed by atoms with Gasteiger partial charge in [0.25, 0.3) is 11.6 Å². The van der Waals surface area contributed by atoms with Crippen molar-refractivity contribution < 1.29 is 14.8 Å². The summed E-state index contributed by atoms with van der Waals surface area (Å²) >= 11 is 1.90. The number of carbonyl (C=O) groups is 1. The number of amides is 1. The van der Waals surface area contributed by atoms with Crippen LogP contribution in [0.15, 0.2) is 18.2 Å². The molecule has 0 saturated carbocycles. The fourth-order valence-electron chi connectivity index (χ4n) is 2.05. The summed E-state index contributed by atoms with van der Waals surface area (Å²) in [5.41, 5.74) is 0.359. The van der Waals surface area contributed by atoms with Crippen LogP contribution < -0.4 is 10.6 Å². The molecule has 1 aliphatic heterocycles. The van der Waals surface area contributed by atoms with Crippen LogP contribution in [0.3, 0.4) is 0 Å². The Balaban J connectivity index is 0.00000220. The topological polar surface area (TPSA) is 104 Å². The van der Waals surface area contributed by atoms with Gasteiger partial charge in [0.2, 0.25) is 0 Å². The Kier molecular flexibility index (Phi) is 6.78. The fourth-order valence-corrected chi connectivity index (χ4v) is 2.79. The molecule has 1 aromatic rings. The van der Waals surface area contributed by atoms with Gasteiger partial charge in [-0.15, -0.1) is 12.4 Å². The van der Waals surface area contributed by atoms with Gasteiger partial charge in [-0.3, -0.25) is 14.9 Å². The van der Waals surface area contributed by atoms with Crippen LogP contribution in [-0.2, 0) is 0 Å². The van der Waals surface area contributed by atoms with E-state index in [2.05, 4.69) is 10.6 Å². The highest BCUT2D eigenvalue weighted by Crippen LogP contribution is 2.19. The monoisotopic (exact) mass is 427 g/mol. The highest BCUT2D eigenvalue weighted by atomic mass is 127. The summed E-state index contributed by atoms with van der Waals surface area (Å²) in [5.74, 6) is -0.293. The molecule has 2 atom stereocenters. The van der Waals surface area contributed by atoms with Crippen molar-refractivity contribution >= 4 is 46.6 Å². The van der Waals surface area contributed by atoms with Crippen LogP contribution in [0.5, 0.6) is 0 Å². The first-order valence-electron chi connectivity index (χ1n) is 6.10. The molecule has 1 fully saturated rings. The molecule has 1 aliphatic rings. The Morgan fingerprint density at radius 2 is 2.24 bits per heavy atom. The smallest absolute Gasteiger partial charge is 0.270 e. The number of halogens is 2. The van der Waals surface area contributed by atoms with Crippen molar-refractivity contribution in [2.45, 2.75) is 6.10 Å². The first-order valence-corrected chi connectivity index (χ1v) is 7.18. The van der Waals surface area contributed by atoms with Crippen molar-refractivity contribution in [3.05, 3.63) is 37.4 Å². The van der Waals surface area contributed by atoms with Crippen LogP contribution in [0.1, 0.15) is 10.4 Å². The number of nitro benzene ring substituents is 1. The lowest BCUT2D eigenvalue weighted by Gasteiger charge is -2.14. The maximum absolute atomic E-state index is 12.0. The van der Waals surface area contributed by atoms with E-state index in [-0.39, 0.29) is 29.9 Å². The molecule has 21 heavy (non-hydrogen) atoms. The van der Waals surface area contributed by atoms with Crippen LogP contribution >= 0.6 is 35.0 Å². The molecule has 0 aromatic heterocycles. The summed E-state index contributed by atoms with van der Waals surface area (Å²) in [6.07, 6.45) is -0.453. The summed E-state index contributed by atoms with van der Waals surface area (Å²) in [5, 5.41) is 26.1. The second-order valence-electron chi connectivity index (χ2n) is 4.62. The Bertz CT molecular complexity index is 543. The van der Waals surface area contributed by atoms with Gasteiger partial charge in [0.15, 0.2) is 0 Å². The second kappa shape index (κ2) is 7.87.